The van der Waals surface area contributed by atoms with Crippen molar-refractivity contribution in [1.29, 1.82) is 0 Å². The number of carbonyl (C=O) groups excluding carboxylic acids is 1. The minimum absolute atomic E-state index is 0.273. The molecule has 2 rings (SSSR count). The zero-order chi connectivity index (χ0) is 15.5. The lowest BCUT2D eigenvalue weighted by molar-refractivity contribution is -0.136. The summed E-state index contributed by atoms with van der Waals surface area (Å²) in [7, 11) is 0. The van der Waals surface area contributed by atoms with Crippen molar-refractivity contribution in [3.8, 4) is 0 Å². The molecule has 0 aliphatic heterocycles. The van der Waals surface area contributed by atoms with Crippen molar-refractivity contribution < 1.29 is 4.79 Å². The third-order valence-corrected chi connectivity index (χ3v) is 4.76. The Labute approximate surface area is 128 Å². The fraction of sp³-hybridized carbons (Fsp3) is 0.611. The zero-order valence-electron chi connectivity index (χ0n) is 13.6. The first-order valence-electron chi connectivity index (χ1n) is 8.22. The van der Waals surface area contributed by atoms with E-state index in [1.165, 1.54) is 0 Å². The van der Waals surface area contributed by atoms with Gasteiger partial charge < -0.3 is 10.6 Å². The number of hydrogen-bond donors (Lipinski definition) is 1. The van der Waals surface area contributed by atoms with Crippen molar-refractivity contribution in [3.05, 3.63) is 29.8 Å². The van der Waals surface area contributed by atoms with Gasteiger partial charge >= 0.3 is 0 Å². The number of nitrogen functional groups attached to an aromatic ring is 1. The van der Waals surface area contributed by atoms with E-state index in [1.54, 1.807) is 0 Å². The minimum atomic E-state index is -0.273. The molecule has 1 aromatic carbocycles. The fourth-order valence-electron chi connectivity index (χ4n) is 2.90. The number of amides is 1. The van der Waals surface area contributed by atoms with Crippen LogP contribution in [0, 0.1) is 0 Å². The van der Waals surface area contributed by atoms with Crippen molar-refractivity contribution >= 4 is 11.6 Å². The third-order valence-electron chi connectivity index (χ3n) is 4.76. The number of nitrogens with two attached hydrogens (primary N) is 1. The highest BCUT2D eigenvalue weighted by molar-refractivity contribution is 5.91. The van der Waals surface area contributed by atoms with Crippen molar-refractivity contribution in [2.45, 2.75) is 64.3 Å². The molecule has 0 radical (unpaired) electrons. The van der Waals surface area contributed by atoms with E-state index in [0.717, 1.165) is 49.9 Å². The second kappa shape index (κ2) is 6.50. The molecule has 0 saturated heterocycles. The molecule has 1 fully saturated rings. The van der Waals surface area contributed by atoms with Crippen molar-refractivity contribution in [3.63, 3.8) is 0 Å². The molecular weight excluding hydrogens is 260 g/mol. The molecular formula is C18H28N2O. The average Bonchev–Trinajstić information content (AvgIpc) is 3.29. The van der Waals surface area contributed by atoms with Gasteiger partial charge in [0, 0.05) is 18.3 Å². The summed E-state index contributed by atoms with van der Waals surface area (Å²) in [6.07, 6.45) is 5.14. The van der Waals surface area contributed by atoms with Crippen LogP contribution in [0.3, 0.4) is 0 Å². The summed E-state index contributed by atoms with van der Waals surface area (Å²) in [4.78, 5) is 15.2. The Morgan fingerprint density at radius 3 is 2.38 bits per heavy atom. The van der Waals surface area contributed by atoms with Crippen molar-refractivity contribution in [2.75, 3.05) is 12.3 Å². The molecule has 21 heavy (non-hydrogen) atoms. The van der Waals surface area contributed by atoms with E-state index < -0.39 is 0 Å². The molecule has 1 aliphatic carbocycles. The topological polar surface area (TPSA) is 46.3 Å². The normalized spacial score (nSPS) is 17.3. The van der Waals surface area contributed by atoms with Gasteiger partial charge in [-0.05, 0) is 50.3 Å². The number of anilines is 1. The van der Waals surface area contributed by atoms with Crippen LogP contribution in [0.5, 0.6) is 0 Å². The molecule has 116 valence electrons. The van der Waals surface area contributed by atoms with Crippen molar-refractivity contribution in [2.24, 2.45) is 0 Å². The lowest BCUT2D eigenvalue weighted by Gasteiger charge is -2.32. The van der Waals surface area contributed by atoms with E-state index in [9.17, 15) is 4.79 Å². The lowest BCUT2D eigenvalue weighted by atomic mass is 9.93. The SMILES string of the molecule is CCCCN(C(=O)C1(c2ccc(N)cc2)CC1)C(C)CC. The molecule has 0 bridgehead atoms. The molecule has 3 heteroatoms. The third kappa shape index (κ3) is 3.22. The molecule has 1 saturated carbocycles. The van der Waals surface area contributed by atoms with Crippen LogP contribution in [0.15, 0.2) is 24.3 Å². The molecule has 2 N–H and O–H groups in total. The van der Waals surface area contributed by atoms with Gasteiger partial charge in [0.2, 0.25) is 5.91 Å². The minimum Gasteiger partial charge on any atom is -0.399 e. The standard InChI is InChI=1S/C18H28N2O/c1-4-6-13-20(14(3)5-2)17(21)18(11-12-18)15-7-9-16(19)10-8-15/h7-10,14H,4-6,11-13,19H2,1-3H3. The largest absolute Gasteiger partial charge is 0.399 e. The van der Waals surface area contributed by atoms with Crippen LogP contribution in [-0.2, 0) is 10.2 Å². The summed E-state index contributed by atoms with van der Waals surface area (Å²) < 4.78 is 0. The van der Waals surface area contributed by atoms with Crippen LogP contribution in [-0.4, -0.2) is 23.4 Å². The maximum absolute atomic E-state index is 13.1. The lowest BCUT2D eigenvalue weighted by Crippen LogP contribution is -2.44. The maximum Gasteiger partial charge on any atom is 0.233 e. The summed E-state index contributed by atoms with van der Waals surface area (Å²) in [6, 6.07) is 8.17. The summed E-state index contributed by atoms with van der Waals surface area (Å²) >= 11 is 0. The molecule has 1 amide bonds. The van der Waals surface area contributed by atoms with Gasteiger partial charge in [0.1, 0.15) is 0 Å². The fourth-order valence-corrected chi connectivity index (χ4v) is 2.90. The first-order chi connectivity index (χ1) is 10.0. The van der Waals surface area contributed by atoms with E-state index in [1.807, 2.05) is 24.3 Å². The van der Waals surface area contributed by atoms with Gasteiger partial charge in [0.05, 0.1) is 5.41 Å². The summed E-state index contributed by atoms with van der Waals surface area (Å²) in [5.74, 6) is 0.315. The molecule has 0 aromatic heterocycles. The average molecular weight is 288 g/mol. The highest BCUT2D eigenvalue weighted by Crippen LogP contribution is 2.50. The van der Waals surface area contributed by atoms with E-state index in [-0.39, 0.29) is 5.41 Å². The Morgan fingerprint density at radius 2 is 1.90 bits per heavy atom. The van der Waals surface area contributed by atoms with E-state index in [2.05, 4.69) is 25.7 Å². The van der Waals surface area contributed by atoms with E-state index >= 15 is 0 Å². The molecule has 1 aromatic rings. The van der Waals surface area contributed by atoms with Gasteiger partial charge in [-0.3, -0.25) is 4.79 Å². The highest BCUT2D eigenvalue weighted by Gasteiger charge is 2.53. The van der Waals surface area contributed by atoms with Crippen LogP contribution in [0.25, 0.3) is 0 Å². The molecule has 1 unspecified atom stereocenters. The number of hydrogen-bond acceptors (Lipinski definition) is 2. The van der Waals surface area contributed by atoms with Crippen LogP contribution in [0.2, 0.25) is 0 Å². The number of nitrogens with zero attached hydrogens (tertiary/aromatic N) is 1. The summed E-state index contributed by atoms with van der Waals surface area (Å²) in [6.45, 7) is 7.36. The van der Waals surface area contributed by atoms with Crippen molar-refractivity contribution in [1.82, 2.24) is 4.90 Å². The van der Waals surface area contributed by atoms with Crippen LogP contribution in [0.1, 0.15) is 58.4 Å². The smallest absolute Gasteiger partial charge is 0.233 e. The molecule has 1 aliphatic rings. The van der Waals surface area contributed by atoms with E-state index in [0.29, 0.717) is 11.9 Å². The van der Waals surface area contributed by atoms with Gasteiger partial charge in [0.25, 0.3) is 0 Å². The van der Waals surface area contributed by atoms with Gasteiger partial charge in [-0.2, -0.15) is 0 Å². The molecule has 0 spiro atoms. The molecule has 1 atom stereocenters. The maximum atomic E-state index is 13.1. The number of rotatable bonds is 7. The van der Waals surface area contributed by atoms with Gasteiger partial charge in [0.15, 0.2) is 0 Å². The monoisotopic (exact) mass is 288 g/mol. The zero-order valence-corrected chi connectivity index (χ0v) is 13.6. The number of benzene rings is 1. The Morgan fingerprint density at radius 1 is 1.29 bits per heavy atom. The Balaban J connectivity index is 2.21. The van der Waals surface area contributed by atoms with Crippen LogP contribution in [0.4, 0.5) is 5.69 Å². The van der Waals surface area contributed by atoms with Gasteiger partial charge in [-0.25, -0.2) is 0 Å². The first-order valence-corrected chi connectivity index (χ1v) is 8.22. The van der Waals surface area contributed by atoms with Crippen LogP contribution < -0.4 is 5.73 Å². The Bertz CT molecular complexity index is 476. The number of carbonyl (C=O) groups is 1. The first kappa shape index (κ1) is 15.9. The van der Waals surface area contributed by atoms with E-state index in [4.69, 9.17) is 5.73 Å². The summed E-state index contributed by atoms with van der Waals surface area (Å²) in [5.41, 5.74) is 7.38. The van der Waals surface area contributed by atoms with Crippen LogP contribution >= 0.6 is 0 Å². The molecule has 0 heterocycles. The second-order valence-electron chi connectivity index (χ2n) is 6.31. The highest BCUT2D eigenvalue weighted by atomic mass is 16.2. The number of unbranched alkanes of at least 4 members (excludes halogenated alkanes) is 1. The quantitative estimate of drug-likeness (QED) is 0.777. The van der Waals surface area contributed by atoms with Gasteiger partial charge in [-0.1, -0.05) is 32.4 Å². The molecule has 3 nitrogen and oxygen atoms in total. The Kier molecular flexibility index (Phi) is 4.92. The predicted molar refractivity (Wildman–Crippen MR) is 88.1 cm³/mol. The Hall–Kier alpha value is -1.51. The summed E-state index contributed by atoms with van der Waals surface area (Å²) in [5, 5.41) is 0. The van der Waals surface area contributed by atoms with Gasteiger partial charge in [-0.15, -0.1) is 0 Å². The second-order valence-corrected chi connectivity index (χ2v) is 6.31. The predicted octanol–water partition coefficient (Wildman–Crippen LogP) is 3.73.